The molecule has 1 amide bonds. The SMILES string of the molecule is C=CCC(=O)Nc1cccc(N=NS(=O)(=O)[O-])c1.[Na+]. The van der Waals surface area contributed by atoms with Crippen LogP contribution in [0.5, 0.6) is 0 Å². The van der Waals surface area contributed by atoms with Crippen LogP contribution in [0.25, 0.3) is 0 Å². The molecule has 9 heteroatoms. The van der Waals surface area contributed by atoms with E-state index in [1.54, 1.807) is 6.07 Å². The number of nitrogens with zero attached hydrogens (tertiary/aromatic N) is 2. The maximum absolute atomic E-state index is 11.3. The second kappa shape index (κ2) is 8.18. The van der Waals surface area contributed by atoms with Crippen LogP contribution in [-0.4, -0.2) is 18.9 Å². The van der Waals surface area contributed by atoms with Crippen LogP contribution in [0.3, 0.4) is 0 Å². The second-order valence-electron chi connectivity index (χ2n) is 3.20. The van der Waals surface area contributed by atoms with Crippen molar-refractivity contribution in [1.29, 1.82) is 0 Å². The predicted molar refractivity (Wildman–Crippen MR) is 64.1 cm³/mol. The van der Waals surface area contributed by atoms with Crippen molar-refractivity contribution in [3.05, 3.63) is 36.9 Å². The summed E-state index contributed by atoms with van der Waals surface area (Å²) in [6.07, 6.45) is 1.60. The summed E-state index contributed by atoms with van der Waals surface area (Å²) in [5.74, 6) is -0.268. The summed E-state index contributed by atoms with van der Waals surface area (Å²) in [6, 6.07) is 5.95. The van der Waals surface area contributed by atoms with E-state index in [-0.39, 0.29) is 47.6 Å². The normalized spacial score (nSPS) is 10.8. The molecule has 0 aliphatic carbocycles. The Morgan fingerprint density at radius 1 is 1.47 bits per heavy atom. The Balaban J connectivity index is 0.00000324. The smallest absolute Gasteiger partial charge is 0.728 e. The van der Waals surface area contributed by atoms with Crippen molar-refractivity contribution in [3.63, 3.8) is 0 Å². The van der Waals surface area contributed by atoms with E-state index in [9.17, 15) is 17.8 Å². The molecule has 7 nitrogen and oxygen atoms in total. The minimum absolute atomic E-state index is 0. The van der Waals surface area contributed by atoms with E-state index in [0.29, 0.717) is 5.69 Å². The molecule has 0 saturated heterocycles. The molecule has 0 aliphatic rings. The number of anilines is 1. The number of carbonyl (C=O) groups is 1. The van der Waals surface area contributed by atoms with Crippen LogP contribution < -0.4 is 34.9 Å². The van der Waals surface area contributed by atoms with Gasteiger partial charge in [-0.15, -0.1) is 11.7 Å². The third-order valence-corrected chi connectivity index (χ3v) is 2.00. The van der Waals surface area contributed by atoms with Crippen LogP contribution >= 0.6 is 0 Å². The van der Waals surface area contributed by atoms with Crippen molar-refractivity contribution in [1.82, 2.24) is 0 Å². The Labute approximate surface area is 133 Å². The largest absolute Gasteiger partial charge is 1.00 e. The maximum atomic E-state index is 11.3. The Bertz CT molecular complexity index is 586. The number of nitrogens with one attached hydrogen (secondary N) is 1. The van der Waals surface area contributed by atoms with Crippen LogP contribution in [0.2, 0.25) is 0 Å². The molecular weight excluding hydrogens is 281 g/mol. The zero-order chi connectivity index (χ0) is 13.6. The summed E-state index contributed by atoms with van der Waals surface area (Å²) < 4.78 is 33.4. The quantitative estimate of drug-likeness (QED) is 0.316. The summed E-state index contributed by atoms with van der Waals surface area (Å²) in [6.45, 7) is 3.42. The number of amides is 1. The second-order valence-corrected chi connectivity index (χ2v) is 4.22. The first kappa shape index (κ1) is 17.9. The molecule has 1 aromatic carbocycles. The number of hydrogen-bond acceptors (Lipinski definition) is 5. The molecule has 1 N–H and O–H groups in total. The van der Waals surface area contributed by atoms with Gasteiger partial charge in [-0.3, -0.25) is 4.79 Å². The minimum Gasteiger partial charge on any atom is -0.728 e. The summed E-state index contributed by atoms with van der Waals surface area (Å²) in [5.41, 5.74) is 0.562. The van der Waals surface area contributed by atoms with Gasteiger partial charge >= 0.3 is 29.6 Å². The maximum Gasteiger partial charge on any atom is 1.00 e. The van der Waals surface area contributed by atoms with Gasteiger partial charge in [-0.2, -0.15) is 0 Å². The molecule has 1 rings (SSSR count). The third-order valence-electron chi connectivity index (χ3n) is 1.72. The standard InChI is InChI=1S/C10H11N3O4S.Na/c1-2-4-10(14)11-8-5-3-6-9(7-8)12-13-18(15,16)17;/h2-3,5-7H,1,4H2,(H,11,14)(H,15,16,17);/q;+1/p-1. The van der Waals surface area contributed by atoms with Crippen molar-refractivity contribution in [2.75, 3.05) is 5.32 Å². The summed E-state index contributed by atoms with van der Waals surface area (Å²) in [7, 11) is -4.76. The molecule has 0 aliphatic heterocycles. The first-order valence-corrected chi connectivity index (χ1v) is 6.17. The molecular formula is C10H10N3NaO4S. The minimum atomic E-state index is -4.76. The summed E-state index contributed by atoms with van der Waals surface area (Å²) in [4.78, 5) is 11.3. The van der Waals surface area contributed by atoms with Crippen molar-refractivity contribution < 1.29 is 47.3 Å². The number of carbonyl (C=O) groups excluding carboxylic acids is 1. The molecule has 96 valence electrons. The van der Waals surface area contributed by atoms with Crippen LogP contribution in [0.1, 0.15) is 6.42 Å². The fourth-order valence-electron chi connectivity index (χ4n) is 1.09. The Kier molecular flexibility index (Phi) is 7.72. The van der Waals surface area contributed by atoms with E-state index >= 15 is 0 Å². The predicted octanol–water partition coefficient (Wildman–Crippen LogP) is -1.25. The molecule has 0 bridgehead atoms. The molecule has 0 atom stereocenters. The average molecular weight is 291 g/mol. The van der Waals surface area contributed by atoms with Gasteiger partial charge < -0.3 is 9.87 Å². The van der Waals surface area contributed by atoms with Gasteiger partial charge in [0.2, 0.25) is 16.2 Å². The molecule has 0 saturated carbocycles. The zero-order valence-electron chi connectivity index (χ0n) is 10.2. The number of benzene rings is 1. The zero-order valence-corrected chi connectivity index (χ0v) is 13.1. The first-order chi connectivity index (χ1) is 8.40. The van der Waals surface area contributed by atoms with Crippen molar-refractivity contribution >= 4 is 27.6 Å². The molecule has 0 unspecified atom stereocenters. The van der Waals surface area contributed by atoms with Crippen molar-refractivity contribution in [2.45, 2.75) is 6.42 Å². The van der Waals surface area contributed by atoms with Crippen molar-refractivity contribution in [2.24, 2.45) is 9.63 Å². The molecule has 0 spiro atoms. The Morgan fingerprint density at radius 3 is 2.74 bits per heavy atom. The van der Waals surface area contributed by atoms with E-state index in [2.05, 4.69) is 21.5 Å². The topological polar surface area (TPSA) is 111 Å². The third kappa shape index (κ3) is 7.85. The molecule has 0 aromatic heterocycles. The van der Waals surface area contributed by atoms with Gasteiger partial charge in [-0.25, -0.2) is 8.42 Å². The first-order valence-electron chi connectivity index (χ1n) is 4.80. The van der Waals surface area contributed by atoms with Gasteiger partial charge in [-0.1, -0.05) is 16.7 Å². The fraction of sp³-hybridized carbons (Fsp3) is 0.100. The monoisotopic (exact) mass is 291 g/mol. The van der Waals surface area contributed by atoms with E-state index in [4.69, 9.17) is 0 Å². The van der Waals surface area contributed by atoms with Gasteiger partial charge in [0.05, 0.1) is 5.69 Å². The average Bonchev–Trinajstić information content (AvgIpc) is 2.26. The summed E-state index contributed by atoms with van der Waals surface area (Å²) >= 11 is 0. The number of rotatable bonds is 5. The number of hydrogen-bond donors (Lipinski definition) is 1. The van der Waals surface area contributed by atoms with Crippen LogP contribution in [0.15, 0.2) is 46.6 Å². The van der Waals surface area contributed by atoms with Crippen LogP contribution in [0.4, 0.5) is 11.4 Å². The molecule has 19 heavy (non-hydrogen) atoms. The summed E-state index contributed by atoms with van der Waals surface area (Å²) in [5, 5.41) is 5.79. The van der Waals surface area contributed by atoms with Crippen molar-refractivity contribution in [3.8, 4) is 0 Å². The van der Waals surface area contributed by atoms with Gasteiger partial charge in [-0.05, 0) is 18.2 Å². The van der Waals surface area contributed by atoms with Gasteiger partial charge in [0.15, 0.2) is 0 Å². The van der Waals surface area contributed by atoms with Crippen LogP contribution in [0, 0.1) is 0 Å². The molecule has 1 aromatic rings. The Morgan fingerprint density at radius 2 is 2.16 bits per heavy atom. The van der Waals surface area contributed by atoms with E-state index in [1.807, 2.05) is 0 Å². The van der Waals surface area contributed by atoms with E-state index in [0.717, 1.165) is 0 Å². The van der Waals surface area contributed by atoms with Crippen LogP contribution in [-0.2, 0) is 15.1 Å². The molecule has 0 radical (unpaired) electrons. The Hall–Kier alpha value is -1.06. The van der Waals surface area contributed by atoms with E-state index < -0.39 is 10.3 Å². The van der Waals surface area contributed by atoms with Gasteiger partial charge in [0.25, 0.3) is 0 Å². The fourth-order valence-corrected chi connectivity index (χ4v) is 1.28. The van der Waals surface area contributed by atoms with E-state index in [1.165, 1.54) is 24.3 Å². The van der Waals surface area contributed by atoms with Gasteiger partial charge in [0.1, 0.15) is 0 Å². The molecule has 0 heterocycles. The molecule has 0 fully saturated rings. The van der Waals surface area contributed by atoms with Gasteiger partial charge in [0, 0.05) is 12.1 Å².